The van der Waals surface area contributed by atoms with Crippen molar-refractivity contribution in [1.29, 1.82) is 0 Å². The number of nitrogens with zero attached hydrogens (tertiary/aromatic N) is 1. The summed E-state index contributed by atoms with van der Waals surface area (Å²) < 4.78 is 2.07. The van der Waals surface area contributed by atoms with Crippen LogP contribution in [0.4, 0.5) is 0 Å². The number of aromatic nitrogens is 1. The van der Waals surface area contributed by atoms with Crippen molar-refractivity contribution in [1.82, 2.24) is 15.2 Å². The Morgan fingerprint density at radius 1 is 1.32 bits per heavy atom. The van der Waals surface area contributed by atoms with Crippen LogP contribution in [0.2, 0.25) is 0 Å². The van der Waals surface area contributed by atoms with Gasteiger partial charge in [0.1, 0.15) is 11.0 Å². The highest BCUT2D eigenvalue weighted by atomic mass is 32.1. The quantitative estimate of drug-likeness (QED) is 0.911. The highest BCUT2D eigenvalue weighted by Gasteiger charge is 2.25. The molecule has 2 aromatic heterocycles. The van der Waals surface area contributed by atoms with Crippen LogP contribution in [0.15, 0.2) is 23.6 Å². The number of rotatable bonds is 3. The molecule has 3 rings (SSSR count). The molecule has 1 fully saturated rings. The molecular weight excluding hydrogens is 298 g/mol. The van der Waals surface area contributed by atoms with Crippen LogP contribution in [0.1, 0.15) is 34.6 Å². The predicted octanol–water partition coefficient (Wildman–Crippen LogP) is 2.16. The fourth-order valence-corrected chi connectivity index (χ4v) is 3.80. The molecule has 2 aromatic rings. The van der Waals surface area contributed by atoms with Gasteiger partial charge in [-0.3, -0.25) is 9.59 Å². The van der Waals surface area contributed by atoms with Gasteiger partial charge in [-0.1, -0.05) is 0 Å². The van der Waals surface area contributed by atoms with Crippen molar-refractivity contribution in [3.63, 3.8) is 0 Å². The minimum absolute atomic E-state index is 0.0929. The van der Waals surface area contributed by atoms with Gasteiger partial charge < -0.3 is 15.2 Å². The Morgan fingerprint density at radius 3 is 2.73 bits per heavy atom. The highest BCUT2D eigenvalue weighted by molar-refractivity contribution is 7.13. The van der Waals surface area contributed by atoms with Crippen molar-refractivity contribution in [2.75, 3.05) is 6.54 Å². The number of aryl methyl sites for hydroxylation is 2. The van der Waals surface area contributed by atoms with E-state index in [9.17, 15) is 9.59 Å². The summed E-state index contributed by atoms with van der Waals surface area (Å²) in [6.07, 6.45) is 1.58. The summed E-state index contributed by atoms with van der Waals surface area (Å²) in [4.78, 5) is 24.4. The number of hydrogen-bond acceptors (Lipinski definition) is 3. The van der Waals surface area contributed by atoms with Gasteiger partial charge in [0.15, 0.2) is 0 Å². The van der Waals surface area contributed by atoms with E-state index in [0.29, 0.717) is 18.5 Å². The Kier molecular flexibility index (Phi) is 4.02. The Balaban J connectivity index is 1.85. The largest absolute Gasteiger partial charge is 0.354 e. The predicted molar refractivity (Wildman–Crippen MR) is 86.6 cm³/mol. The van der Waals surface area contributed by atoms with Gasteiger partial charge in [-0.15, -0.1) is 11.3 Å². The molecular formula is C16H19N3O2S. The van der Waals surface area contributed by atoms with Crippen LogP contribution < -0.4 is 10.6 Å². The van der Waals surface area contributed by atoms with E-state index in [1.165, 1.54) is 11.3 Å². The van der Waals surface area contributed by atoms with Crippen LogP contribution in [-0.4, -0.2) is 29.0 Å². The molecule has 0 aliphatic carbocycles. The first-order chi connectivity index (χ1) is 10.6. The van der Waals surface area contributed by atoms with E-state index in [-0.39, 0.29) is 11.8 Å². The summed E-state index contributed by atoms with van der Waals surface area (Å²) >= 11 is 1.53. The first-order valence-corrected chi connectivity index (χ1v) is 8.27. The maximum absolute atomic E-state index is 12.6. The lowest BCUT2D eigenvalue weighted by Gasteiger charge is -2.23. The molecule has 1 aliphatic heterocycles. The zero-order valence-corrected chi connectivity index (χ0v) is 13.5. The normalized spacial score (nSPS) is 18.1. The fourth-order valence-electron chi connectivity index (χ4n) is 2.78. The third-order valence-corrected chi connectivity index (χ3v) is 4.85. The van der Waals surface area contributed by atoms with Crippen LogP contribution in [-0.2, 0) is 4.79 Å². The van der Waals surface area contributed by atoms with Crippen molar-refractivity contribution in [3.8, 4) is 5.00 Å². The molecule has 1 aliphatic rings. The lowest BCUT2D eigenvalue weighted by Crippen LogP contribution is -2.50. The Hall–Kier alpha value is -2.08. The third-order valence-electron chi connectivity index (χ3n) is 3.95. The highest BCUT2D eigenvalue weighted by Crippen LogP contribution is 2.26. The van der Waals surface area contributed by atoms with Crippen LogP contribution in [0, 0.1) is 13.8 Å². The molecule has 116 valence electrons. The second kappa shape index (κ2) is 5.96. The molecule has 5 nitrogen and oxygen atoms in total. The number of thiophene rings is 1. The van der Waals surface area contributed by atoms with E-state index in [2.05, 4.69) is 15.2 Å². The molecule has 3 heterocycles. The van der Waals surface area contributed by atoms with Gasteiger partial charge >= 0.3 is 0 Å². The monoisotopic (exact) mass is 317 g/mol. The van der Waals surface area contributed by atoms with Gasteiger partial charge in [0.2, 0.25) is 5.91 Å². The van der Waals surface area contributed by atoms with Gasteiger partial charge in [-0.2, -0.15) is 0 Å². The summed E-state index contributed by atoms with van der Waals surface area (Å²) in [7, 11) is 0. The maximum atomic E-state index is 12.6. The summed E-state index contributed by atoms with van der Waals surface area (Å²) in [6, 6.07) is 5.45. The molecule has 0 aromatic carbocycles. The smallest absolute Gasteiger partial charge is 0.254 e. The van der Waals surface area contributed by atoms with Gasteiger partial charge in [0.25, 0.3) is 5.91 Å². The van der Waals surface area contributed by atoms with E-state index in [0.717, 1.165) is 22.8 Å². The average Bonchev–Trinajstić information content (AvgIpc) is 3.08. The fraction of sp³-hybridized carbons (Fsp3) is 0.375. The summed E-state index contributed by atoms with van der Waals surface area (Å²) in [5.74, 6) is -0.282. The Labute approximate surface area is 133 Å². The van der Waals surface area contributed by atoms with Crippen molar-refractivity contribution in [2.24, 2.45) is 0 Å². The average molecular weight is 317 g/mol. The van der Waals surface area contributed by atoms with Crippen molar-refractivity contribution in [2.45, 2.75) is 32.7 Å². The maximum Gasteiger partial charge on any atom is 0.254 e. The molecule has 0 spiro atoms. The molecule has 6 heteroatoms. The topological polar surface area (TPSA) is 63.1 Å². The van der Waals surface area contributed by atoms with Crippen molar-refractivity contribution >= 4 is 23.2 Å². The minimum atomic E-state index is -0.430. The summed E-state index contributed by atoms with van der Waals surface area (Å²) in [5, 5.41) is 8.45. The van der Waals surface area contributed by atoms with E-state index >= 15 is 0 Å². The number of amides is 2. The standard InChI is InChI=1S/C16H19N3O2S/c1-10-5-6-11(2)19(10)16-12(7-9-22-16)14(20)18-13-4-3-8-17-15(13)21/h5-7,9,13H,3-4,8H2,1-2H3,(H,17,21)(H,18,20)/t13-/m1/s1. The molecule has 2 N–H and O–H groups in total. The van der Waals surface area contributed by atoms with Crippen molar-refractivity contribution in [3.05, 3.63) is 40.5 Å². The van der Waals surface area contributed by atoms with Gasteiger partial charge in [0.05, 0.1) is 5.56 Å². The lowest BCUT2D eigenvalue weighted by molar-refractivity contribution is -0.124. The summed E-state index contributed by atoms with van der Waals surface area (Å²) in [6.45, 7) is 4.72. The molecule has 0 bridgehead atoms. The van der Waals surface area contributed by atoms with E-state index in [1.807, 2.05) is 37.4 Å². The van der Waals surface area contributed by atoms with Gasteiger partial charge in [-0.05, 0) is 50.3 Å². The van der Waals surface area contributed by atoms with Crippen LogP contribution in [0.25, 0.3) is 5.00 Å². The van der Waals surface area contributed by atoms with E-state index in [4.69, 9.17) is 0 Å². The minimum Gasteiger partial charge on any atom is -0.354 e. The van der Waals surface area contributed by atoms with Crippen molar-refractivity contribution < 1.29 is 9.59 Å². The van der Waals surface area contributed by atoms with Crippen LogP contribution in [0.3, 0.4) is 0 Å². The second-order valence-corrected chi connectivity index (χ2v) is 6.44. The number of nitrogens with one attached hydrogen (secondary N) is 2. The zero-order chi connectivity index (χ0) is 15.7. The first kappa shape index (κ1) is 14.8. The number of hydrogen-bond donors (Lipinski definition) is 2. The lowest BCUT2D eigenvalue weighted by atomic mass is 10.1. The van der Waals surface area contributed by atoms with Gasteiger partial charge in [-0.25, -0.2) is 0 Å². The molecule has 1 atom stereocenters. The van der Waals surface area contributed by atoms with Crippen LogP contribution >= 0.6 is 11.3 Å². The number of carbonyl (C=O) groups is 2. The van der Waals surface area contributed by atoms with E-state index < -0.39 is 6.04 Å². The first-order valence-electron chi connectivity index (χ1n) is 7.39. The Morgan fingerprint density at radius 2 is 2.05 bits per heavy atom. The molecule has 2 amide bonds. The van der Waals surface area contributed by atoms with E-state index in [1.54, 1.807) is 0 Å². The molecule has 0 unspecified atom stereocenters. The molecule has 22 heavy (non-hydrogen) atoms. The van der Waals surface area contributed by atoms with Gasteiger partial charge in [0, 0.05) is 17.9 Å². The number of piperidine rings is 1. The third kappa shape index (κ3) is 2.66. The second-order valence-electron chi connectivity index (χ2n) is 5.55. The van der Waals surface area contributed by atoms with Crippen LogP contribution in [0.5, 0.6) is 0 Å². The zero-order valence-electron chi connectivity index (χ0n) is 12.7. The summed E-state index contributed by atoms with van der Waals surface area (Å²) in [5.41, 5.74) is 2.79. The molecule has 0 saturated carbocycles. The molecule has 0 radical (unpaired) electrons. The molecule has 1 saturated heterocycles. The SMILES string of the molecule is Cc1ccc(C)n1-c1sccc1C(=O)N[C@@H]1CCCNC1=O. The number of carbonyl (C=O) groups excluding carboxylic acids is 2. The Bertz CT molecular complexity index is 697.